The largest absolute Gasteiger partial charge is 0.478 e. The van der Waals surface area contributed by atoms with E-state index in [2.05, 4.69) is 22.4 Å². The molecule has 0 radical (unpaired) electrons. The minimum absolute atomic E-state index is 0.143. The van der Waals surface area contributed by atoms with Gasteiger partial charge in [-0.05, 0) is 24.1 Å². The summed E-state index contributed by atoms with van der Waals surface area (Å²) >= 11 is 5.84. The molecule has 1 heterocycles. The predicted octanol–water partition coefficient (Wildman–Crippen LogP) is 3.40. The van der Waals surface area contributed by atoms with Gasteiger partial charge >= 0.3 is 5.97 Å². The standard InChI is InChI=1S/C15H13ClN2O2/c16-13-6-10(15(19)20)7-14(18-13)17-12-8-11(12)9-4-2-1-3-5-9/h1-7,11-12H,8H2,(H,17,18)(H,19,20). The fourth-order valence-corrected chi connectivity index (χ4v) is 2.52. The number of nitrogens with zero attached hydrogens (tertiary/aromatic N) is 1. The number of halogens is 1. The highest BCUT2D eigenvalue weighted by Crippen LogP contribution is 2.42. The van der Waals surface area contributed by atoms with Crippen molar-refractivity contribution in [1.29, 1.82) is 0 Å². The van der Waals surface area contributed by atoms with Gasteiger partial charge in [0.2, 0.25) is 0 Å². The van der Waals surface area contributed by atoms with Gasteiger partial charge in [-0.3, -0.25) is 0 Å². The summed E-state index contributed by atoms with van der Waals surface area (Å²) in [4.78, 5) is 15.1. The molecule has 0 amide bonds. The molecule has 5 heteroatoms. The third-order valence-corrected chi connectivity index (χ3v) is 3.59. The Balaban J connectivity index is 1.72. The fourth-order valence-electron chi connectivity index (χ4n) is 2.31. The van der Waals surface area contributed by atoms with Gasteiger partial charge in [-0.1, -0.05) is 41.9 Å². The maximum absolute atomic E-state index is 11.0. The van der Waals surface area contributed by atoms with E-state index in [0.717, 1.165) is 6.42 Å². The Bertz CT molecular complexity index is 646. The Morgan fingerprint density at radius 2 is 2.05 bits per heavy atom. The Labute approximate surface area is 121 Å². The van der Waals surface area contributed by atoms with Crippen molar-refractivity contribution < 1.29 is 9.90 Å². The van der Waals surface area contributed by atoms with E-state index in [4.69, 9.17) is 16.7 Å². The van der Waals surface area contributed by atoms with Gasteiger partial charge in [-0.25, -0.2) is 9.78 Å². The van der Waals surface area contributed by atoms with E-state index in [-0.39, 0.29) is 16.8 Å². The number of anilines is 1. The molecule has 0 aliphatic heterocycles. The minimum atomic E-state index is -1.01. The number of hydrogen-bond donors (Lipinski definition) is 2. The maximum atomic E-state index is 11.0. The molecule has 1 aliphatic carbocycles. The van der Waals surface area contributed by atoms with Crippen molar-refractivity contribution in [2.24, 2.45) is 0 Å². The minimum Gasteiger partial charge on any atom is -0.478 e. The van der Waals surface area contributed by atoms with E-state index >= 15 is 0 Å². The SMILES string of the molecule is O=C(O)c1cc(Cl)nc(NC2CC2c2ccccc2)c1. The number of carboxylic acid groups (broad SMARTS) is 1. The number of pyridine rings is 1. The third-order valence-electron chi connectivity index (χ3n) is 3.39. The van der Waals surface area contributed by atoms with Crippen molar-refractivity contribution in [3.8, 4) is 0 Å². The molecule has 0 spiro atoms. The number of aromatic nitrogens is 1. The molecule has 2 aromatic rings. The van der Waals surface area contributed by atoms with Gasteiger partial charge < -0.3 is 10.4 Å². The van der Waals surface area contributed by atoms with Crippen LogP contribution in [0.1, 0.15) is 28.3 Å². The summed E-state index contributed by atoms with van der Waals surface area (Å²) in [6, 6.07) is 13.4. The number of carbonyl (C=O) groups is 1. The van der Waals surface area contributed by atoms with Crippen LogP contribution >= 0.6 is 11.6 Å². The highest BCUT2D eigenvalue weighted by atomic mass is 35.5. The number of nitrogens with one attached hydrogen (secondary N) is 1. The molecule has 0 saturated heterocycles. The van der Waals surface area contributed by atoms with Gasteiger partial charge in [0.1, 0.15) is 11.0 Å². The second kappa shape index (κ2) is 5.13. The van der Waals surface area contributed by atoms with Gasteiger partial charge in [0.25, 0.3) is 0 Å². The third kappa shape index (κ3) is 2.75. The first kappa shape index (κ1) is 12.9. The molecule has 0 bridgehead atoms. The quantitative estimate of drug-likeness (QED) is 0.847. The highest BCUT2D eigenvalue weighted by molar-refractivity contribution is 6.29. The average Bonchev–Trinajstić information content (AvgIpc) is 3.18. The second-order valence-electron chi connectivity index (χ2n) is 4.87. The summed E-state index contributed by atoms with van der Waals surface area (Å²) in [7, 11) is 0. The topological polar surface area (TPSA) is 62.2 Å². The molecule has 102 valence electrons. The van der Waals surface area contributed by atoms with Crippen LogP contribution in [-0.4, -0.2) is 22.1 Å². The van der Waals surface area contributed by atoms with E-state index in [0.29, 0.717) is 11.7 Å². The second-order valence-corrected chi connectivity index (χ2v) is 5.26. The highest BCUT2D eigenvalue weighted by Gasteiger charge is 2.38. The van der Waals surface area contributed by atoms with Gasteiger partial charge in [0, 0.05) is 12.0 Å². The van der Waals surface area contributed by atoms with Crippen LogP contribution in [0.5, 0.6) is 0 Å². The van der Waals surface area contributed by atoms with Crippen molar-refractivity contribution >= 4 is 23.4 Å². The van der Waals surface area contributed by atoms with Crippen molar-refractivity contribution in [2.45, 2.75) is 18.4 Å². The molecule has 1 aromatic heterocycles. The lowest BCUT2D eigenvalue weighted by Gasteiger charge is -2.07. The Morgan fingerprint density at radius 3 is 2.75 bits per heavy atom. The molecular formula is C15H13ClN2O2. The van der Waals surface area contributed by atoms with Gasteiger partial charge in [-0.2, -0.15) is 0 Å². The summed E-state index contributed by atoms with van der Waals surface area (Å²) in [6.07, 6.45) is 1.01. The molecule has 4 nitrogen and oxygen atoms in total. The smallest absolute Gasteiger partial charge is 0.335 e. The number of hydrogen-bond acceptors (Lipinski definition) is 3. The first-order valence-electron chi connectivity index (χ1n) is 6.36. The van der Waals surface area contributed by atoms with Crippen LogP contribution in [0.4, 0.5) is 5.82 Å². The lowest BCUT2D eigenvalue weighted by molar-refractivity contribution is 0.0697. The number of rotatable bonds is 4. The molecule has 2 atom stereocenters. The number of aromatic carboxylic acids is 1. The van der Waals surface area contributed by atoms with Crippen molar-refractivity contribution in [2.75, 3.05) is 5.32 Å². The van der Waals surface area contributed by atoms with Crippen LogP contribution in [0.15, 0.2) is 42.5 Å². The Morgan fingerprint density at radius 1 is 1.30 bits per heavy atom. The van der Waals surface area contributed by atoms with Gasteiger partial charge in [0.05, 0.1) is 5.56 Å². The van der Waals surface area contributed by atoms with Crippen LogP contribution in [0.2, 0.25) is 5.15 Å². The number of benzene rings is 1. The monoisotopic (exact) mass is 288 g/mol. The van der Waals surface area contributed by atoms with Crippen molar-refractivity contribution in [1.82, 2.24) is 4.98 Å². The summed E-state index contributed by atoms with van der Waals surface area (Å²) < 4.78 is 0. The van der Waals surface area contributed by atoms with Crippen LogP contribution in [-0.2, 0) is 0 Å². The first-order valence-corrected chi connectivity index (χ1v) is 6.73. The van der Waals surface area contributed by atoms with E-state index < -0.39 is 5.97 Å². The normalized spacial score (nSPS) is 20.4. The molecule has 1 fully saturated rings. The molecule has 2 N–H and O–H groups in total. The molecule has 3 rings (SSSR count). The summed E-state index contributed by atoms with van der Waals surface area (Å²) in [5.74, 6) is -0.0450. The lowest BCUT2D eigenvalue weighted by Crippen LogP contribution is -2.07. The zero-order chi connectivity index (χ0) is 14.1. The summed E-state index contributed by atoms with van der Waals surface area (Å²) in [6.45, 7) is 0. The predicted molar refractivity (Wildman–Crippen MR) is 77.4 cm³/mol. The molecular weight excluding hydrogens is 276 g/mol. The van der Waals surface area contributed by atoms with E-state index in [1.807, 2.05) is 18.2 Å². The van der Waals surface area contributed by atoms with Crippen LogP contribution < -0.4 is 5.32 Å². The Kier molecular flexibility index (Phi) is 3.32. The molecule has 20 heavy (non-hydrogen) atoms. The fraction of sp³-hybridized carbons (Fsp3) is 0.200. The maximum Gasteiger partial charge on any atom is 0.335 e. The van der Waals surface area contributed by atoms with Crippen LogP contribution in [0.25, 0.3) is 0 Å². The van der Waals surface area contributed by atoms with Gasteiger partial charge in [-0.15, -0.1) is 0 Å². The molecule has 1 saturated carbocycles. The van der Waals surface area contributed by atoms with E-state index in [1.165, 1.54) is 17.7 Å². The van der Waals surface area contributed by atoms with E-state index in [1.54, 1.807) is 0 Å². The van der Waals surface area contributed by atoms with Crippen LogP contribution in [0.3, 0.4) is 0 Å². The lowest BCUT2D eigenvalue weighted by atomic mass is 10.1. The Hall–Kier alpha value is -2.07. The number of carboxylic acids is 1. The molecule has 2 unspecified atom stereocenters. The summed E-state index contributed by atoms with van der Waals surface area (Å²) in [5.41, 5.74) is 1.43. The zero-order valence-electron chi connectivity index (χ0n) is 10.6. The molecule has 1 aromatic carbocycles. The van der Waals surface area contributed by atoms with Gasteiger partial charge in [0.15, 0.2) is 0 Å². The zero-order valence-corrected chi connectivity index (χ0v) is 11.3. The first-order chi connectivity index (χ1) is 9.63. The van der Waals surface area contributed by atoms with E-state index in [9.17, 15) is 4.79 Å². The average molecular weight is 289 g/mol. The van der Waals surface area contributed by atoms with Crippen molar-refractivity contribution in [3.63, 3.8) is 0 Å². The molecule has 1 aliphatic rings. The van der Waals surface area contributed by atoms with Crippen LogP contribution in [0, 0.1) is 0 Å². The van der Waals surface area contributed by atoms with Crippen molar-refractivity contribution in [3.05, 3.63) is 58.7 Å². The summed E-state index contributed by atoms with van der Waals surface area (Å²) in [5, 5.41) is 12.4.